The van der Waals surface area contributed by atoms with E-state index in [0.717, 1.165) is 30.5 Å². The maximum Gasteiger partial charge on any atom is 0.0925 e. The molecule has 0 saturated heterocycles. The Bertz CT molecular complexity index is 564. The average molecular weight is 335 g/mol. The first-order valence-electron chi connectivity index (χ1n) is 6.88. The summed E-state index contributed by atoms with van der Waals surface area (Å²) in [5.41, 5.74) is 3.79. The first kappa shape index (κ1) is 13.8. The highest BCUT2D eigenvalue weighted by molar-refractivity contribution is 9.10. The molecule has 106 valence electrons. The topological polar surface area (TPSA) is 44.0 Å². The van der Waals surface area contributed by atoms with Gasteiger partial charge in [-0.1, -0.05) is 28.1 Å². The normalized spacial score (nSPS) is 18.2. The van der Waals surface area contributed by atoms with Gasteiger partial charge in [-0.05, 0) is 24.7 Å². The van der Waals surface area contributed by atoms with Crippen molar-refractivity contribution in [2.24, 2.45) is 0 Å². The second kappa shape index (κ2) is 6.08. The van der Waals surface area contributed by atoms with Gasteiger partial charge in [0.2, 0.25) is 0 Å². The molecule has 0 saturated carbocycles. The van der Waals surface area contributed by atoms with Crippen molar-refractivity contribution in [2.45, 2.75) is 25.6 Å². The van der Waals surface area contributed by atoms with Crippen molar-refractivity contribution < 1.29 is 0 Å². The van der Waals surface area contributed by atoms with Crippen molar-refractivity contribution in [3.63, 3.8) is 0 Å². The minimum absolute atomic E-state index is 0.478. The average Bonchev–Trinajstić information content (AvgIpc) is 2.89. The Labute approximate surface area is 127 Å². The Hall–Kier alpha value is -1.17. The molecule has 20 heavy (non-hydrogen) atoms. The Morgan fingerprint density at radius 1 is 1.35 bits per heavy atom. The molecule has 1 aromatic heterocycles. The molecule has 2 aromatic rings. The second-order valence-electron chi connectivity index (χ2n) is 5.43. The number of likely N-dealkylation sites (N-methyl/N-ethyl adjacent to an activating group) is 1. The Morgan fingerprint density at radius 3 is 2.95 bits per heavy atom. The SMILES string of the molecule is CN(Cc1ccc(Br)cc1)CC1Cc2nc[nH]c2CN1. The highest BCUT2D eigenvalue weighted by Crippen LogP contribution is 2.15. The van der Waals surface area contributed by atoms with Gasteiger partial charge in [0.15, 0.2) is 0 Å². The smallest absolute Gasteiger partial charge is 0.0925 e. The Kier molecular flexibility index (Phi) is 4.19. The molecule has 1 aromatic carbocycles. The van der Waals surface area contributed by atoms with E-state index in [1.54, 1.807) is 6.33 Å². The van der Waals surface area contributed by atoms with Gasteiger partial charge in [-0.3, -0.25) is 0 Å². The van der Waals surface area contributed by atoms with Crippen LogP contribution >= 0.6 is 15.9 Å². The standard InChI is InChI=1S/C15H19BrN4/c1-20(8-11-2-4-12(16)5-3-11)9-13-6-14-15(7-17-13)19-10-18-14/h2-5,10,13,17H,6-9H2,1H3,(H,18,19). The molecule has 0 spiro atoms. The van der Waals surface area contributed by atoms with E-state index in [9.17, 15) is 0 Å². The number of benzene rings is 1. The second-order valence-corrected chi connectivity index (χ2v) is 6.35. The number of aromatic amines is 1. The quantitative estimate of drug-likeness (QED) is 0.901. The summed E-state index contributed by atoms with van der Waals surface area (Å²) in [6, 6.07) is 9.00. The highest BCUT2D eigenvalue weighted by atomic mass is 79.9. The van der Waals surface area contributed by atoms with E-state index in [2.05, 4.69) is 67.4 Å². The van der Waals surface area contributed by atoms with Crippen LogP contribution < -0.4 is 5.32 Å². The third-order valence-electron chi connectivity index (χ3n) is 3.71. The van der Waals surface area contributed by atoms with Crippen LogP contribution in [-0.4, -0.2) is 34.5 Å². The van der Waals surface area contributed by atoms with Crippen molar-refractivity contribution in [1.82, 2.24) is 20.2 Å². The number of nitrogens with one attached hydrogen (secondary N) is 2. The van der Waals surface area contributed by atoms with Gasteiger partial charge in [-0.15, -0.1) is 0 Å². The number of H-pyrrole nitrogens is 1. The van der Waals surface area contributed by atoms with Crippen LogP contribution in [0, 0.1) is 0 Å². The zero-order valence-electron chi connectivity index (χ0n) is 11.6. The molecule has 3 rings (SSSR count). The number of nitrogens with zero attached hydrogens (tertiary/aromatic N) is 2. The van der Waals surface area contributed by atoms with Gasteiger partial charge in [0.1, 0.15) is 0 Å². The molecule has 0 amide bonds. The third kappa shape index (κ3) is 3.29. The lowest BCUT2D eigenvalue weighted by Crippen LogP contribution is -2.43. The maximum absolute atomic E-state index is 4.39. The largest absolute Gasteiger partial charge is 0.347 e. The number of fused-ring (bicyclic) bond motifs is 1. The van der Waals surface area contributed by atoms with Gasteiger partial charge in [0.25, 0.3) is 0 Å². The molecule has 0 radical (unpaired) electrons. The zero-order chi connectivity index (χ0) is 13.9. The summed E-state index contributed by atoms with van der Waals surface area (Å²) in [5.74, 6) is 0. The molecule has 2 heterocycles. The number of aromatic nitrogens is 2. The fourth-order valence-electron chi connectivity index (χ4n) is 2.70. The minimum atomic E-state index is 0.478. The van der Waals surface area contributed by atoms with Crippen LogP contribution in [-0.2, 0) is 19.5 Å². The fraction of sp³-hybridized carbons (Fsp3) is 0.400. The van der Waals surface area contributed by atoms with Gasteiger partial charge in [0.05, 0.1) is 17.7 Å². The molecule has 0 fully saturated rings. The van der Waals surface area contributed by atoms with Crippen LogP contribution in [0.3, 0.4) is 0 Å². The molecule has 1 atom stereocenters. The molecular weight excluding hydrogens is 316 g/mol. The van der Waals surface area contributed by atoms with Crippen LogP contribution in [0.15, 0.2) is 35.1 Å². The van der Waals surface area contributed by atoms with Gasteiger partial charge < -0.3 is 15.2 Å². The van der Waals surface area contributed by atoms with Crippen molar-refractivity contribution in [3.05, 3.63) is 52.0 Å². The first-order chi connectivity index (χ1) is 9.70. The van der Waals surface area contributed by atoms with E-state index in [-0.39, 0.29) is 0 Å². The molecule has 1 aliphatic heterocycles. The zero-order valence-corrected chi connectivity index (χ0v) is 13.2. The molecule has 1 unspecified atom stereocenters. The molecule has 5 heteroatoms. The maximum atomic E-state index is 4.39. The van der Waals surface area contributed by atoms with Gasteiger partial charge >= 0.3 is 0 Å². The Balaban J connectivity index is 1.54. The molecule has 1 aliphatic rings. The highest BCUT2D eigenvalue weighted by Gasteiger charge is 2.20. The van der Waals surface area contributed by atoms with E-state index in [0.29, 0.717) is 6.04 Å². The lowest BCUT2D eigenvalue weighted by Gasteiger charge is -2.27. The van der Waals surface area contributed by atoms with E-state index < -0.39 is 0 Å². The molecular formula is C15H19BrN4. The monoisotopic (exact) mass is 334 g/mol. The van der Waals surface area contributed by atoms with E-state index in [4.69, 9.17) is 0 Å². The third-order valence-corrected chi connectivity index (χ3v) is 4.24. The van der Waals surface area contributed by atoms with Crippen molar-refractivity contribution >= 4 is 15.9 Å². The first-order valence-corrected chi connectivity index (χ1v) is 7.67. The molecule has 4 nitrogen and oxygen atoms in total. The summed E-state index contributed by atoms with van der Waals surface area (Å²) in [7, 11) is 2.17. The van der Waals surface area contributed by atoms with E-state index >= 15 is 0 Å². The summed E-state index contributed by atoms with van der Waals surface area (Å²) in [6.45, 7) is 2.90. The van der Waals surface area contributed by atoms with Crippen molar-refractivity contribution in [3.8, 4) is 0 Å². The molecule has 0 aliphatic carbocycles. The minimum Gasteiger partial charge on any atom is -0.347 e. The number of imidazole rings is 1. The lowest BCUT2D eigenvalue weighted by atomic mass is 10.0. The summed E-state index contributed by atoms with van der Waals surface area (Å²) in [4.78, 5) is 9.93. The number of hydrogen-bond donors (Lipinski definition) is 2. The van der Waals surface area contributed by atoms with E-state index in [1.807, 2.05) is 0 Å². The van der Waals surface area contributed by atoms with Crippen LogP contribution in [0.1, 0.15) is 17.0 Å². The van der Waals surface area contributed by atoms with E-state index in [1.165, 1.54) is 17.0 Å². The number of hydrogen-bond acceptors (Lipinski definition) is 3. The van der Waals surface area contributed by atoms with Gasteiger partial charge in [-0.25, -0.2) is 4.98 Å². The van der Waals surface area contributed by atoms with Crippen LogP contribution in [0.4, 0.5) is 0 Å². The predicted octanol–water partition coefficient (Wildman–Crippen LogP) is 2.32. The molecule has 0 bridgehead atoms. The van der Waals surface area contributed by atoms with Gasteiger partial charge in [0, 0.05) is 36.6 Å². The Morgan fingerprint density at radius 2 is 2.15 bits per heavy atom. The van der Waals surface area contributed by atoms with Crippen LogP contribution in [0.2, 0.25) is 0 Å². The summed E-state index contributed by atoms with van der Waals surface area (Å²) in [5, 5.41) is 3.57. The van der Waals surface area contributed by atoms with Crippen LogP contribution in [0.25, 0.3) is 0 Å². The summed E-state index contributed by atoms with van der Waals surface area (Å²) in [6.07, 6.45) is 2.80. The van der Waals surface area contributed by atoms with Crippen LogP contribution in [0.5, 0.6) is 0 Å². The van der Waals surface area contributed by atoms with Crippen molar-refractivity contribution in [2.75, 3.05) is 13.6 Å². The molecule has 2 N–H and O–H groups in total. The lowest BCUT2D eigenvalue weighted by molar-refractivity contribution is 0.272. The number of halogens is 1. The number of rotatable bonds is 4. The van der Waals surface area contributed by atoms with Gasteiger partial charge in [-0.2, -0.15) is 0 Å². The fourth-order valence-corrected chi connectivity index (χ4v) is 2.97. The predicted molar refractivity (Wildman–Crippen MR) is 83.4 cm³/mol. The summed E-state index contributed by atoms with van der Waals surface area (Å²) >= 11 is 3.47. The van der Waals surface area contributed by atoms with Crippen molar-refractivity contribution in [1.29, 1.82) is 0 Å². The summed E-state index contributed by atoms with van der Waals surface area (Å²) < 4.78 is 1.13.